The van der Waals surface area contributed by atoms with Crippen LogP contribution in [0, 0.1) is 6.92 Å². The Morgan fingerprint density at radius 2 is 2.18 bits per heavy atom. The molecule has 1 aromatic heterocycles. The molecule has 0 bridgehead atoms. The predicted octanol–water partition coefficient (Wildman–Crippen LogP) is 2.30. The molecule has 0 spiro atoms. The first-order valence-corrected chi connectivity index (χ1v) is 7.93. The van der Waals surface area contributed by atoms with E-state index < -0.39 is 6.10 Å². The van der Waals surface area contributed by atoms with Crippen LogP contribution in [-0.2, 0) is 6.54 Å². The highest BCUT2D eigenvalue weighted by Crippen LogP contribution is 2.12. The molecule has 22 heavy (non-hydrogen) atoms. The number of aryl methyl sites for hydroxylation is 1. The van der Waals surface area contributed by atoms with E-state index in [9.17, 15) is 9.90 Å². The van der Waals surface area contributed by atoms with Crippen molar-refractivity contribution in [2.75, 3.05) is 13.2 Å². The minimum Gasteiger partial charge on any atom is -0.491 e. The van der Waals surface area contributed by atoms with Crippen LogP contribution in [0.1, 0.15) is 10.4 Å². The number of carbonyl (C=O) groups is 1. The van der Waals surface area contributed by atoms with Gasteiger partial charge >= 0.3 is 6.03 Å². The molecule has 0 saturated heterocycles. The zero-order chi connectivity index (χ0) is 15.8. The third kappa shape index (κ3) is 5.75. The Bertz CT molecular complexity index is 587. The first-order chi connectivity index (χ1) is 10.6. The third-order valence-electron chi connectivity index (χ3n) is 2.93. The van der Waals surface area contributed by atoms with E-state index in [-0.39, 0.29) is 19.2 Å². The SMILES string of the molecule is Cc1cccc(OCC(O)CNC(=O)NCc2cccs2)c1. The molecule has 1 heterocycles. The molecule has 2 aromatic rings. The highest BCUT2D eigenvalue weighted by Gasteiger charge is 2.08. The van der Waals surface area contributed by atoms with Crippen LogP contribution in [0.2, 0.25) is 0 Å². The number of hydrogen-bond donors (Lipinski definition) is 3. The Hall–Kier alpha value is -2.05. The zero-order valence-corrected chi connectivity index (χ0v) is 13.2. The van der Waals surface area contributed by atoms with Gasteiger partial charge in [-0.15, -0.1) is 11.3 Å². The fourth-order valence-corrected chi connectivity index (χ4v) is 2.45. The van der Waals surface area contributed by atoms with Crippen LogP contribution in [0.5, 0.6) is 5.75 Å². The van der Waals surface area contributed by atoms with Crippen LogP contribution >= 0.6 is 11.3 Å². The van der Waals surface area contributed by atoms with Gasteiger partial charge in [0.2, 0.25) is 0 Å². The number of nitrogens with one attached hydrogen (secondary N) is 2. The van der Waals surface area contributed by atoms with Crippen molar-refractivity contribution in [3.05, 3.63) is 52.2 Å². The summed E-state index contributed by atoms with van der Waals surface area (Å²) in [4.78, 5) is 12.7. The Morgan fingerprint density at radius 3 is 2.91 bits per heavy atom. The Labute approximate surface area is 133 Å². The second-order valence-corrected chi connectivity index (χ2v) is 5.96. The van der Waals surface area contributed by atoms with Gasteiger partial charge in [0.05, 0.1) is 6.54 Å². The fraction of sp³-hybridized carbons (Fsp3) is 0.312. The summed E-state index contributed by atoms with van der Waals surface area (Å²) >= 11 is 1.58. The standard InChI is InChI=1S/C16H20N2O3S/c1-12-4-2-5-14(8-12)21-11-13(19)9-17-16(20)18-10-15-6-3-7-22-15/h2-8,13,19H,9-11H2,1H3,(H2,17,18,20). The van der Waals surface area contributed by atoms with Crippen molar-refractivity contribution in [3.63, 3.8) is 0 Å². The van der Waals surface area contributed by atoms with E-state index in [1.807, 2.05) is 48.7 Å². The topological polar surface area (TPSA) is 70.6 Å². The maximum atomic E-state index is 11.6. The number of ether oxygens (including phenoxy) is 1. The first kappa shape index (κ1) is 16.3. The average molecular weight is 320 g/mol. The lowest BCUT2D eigenvalue weighted by Gasteiger charge is -2.14. The normalized spacial score (nSPS) is 11.7. The van der Waals surface area contributed by atoms with E-state index in [0.29, 0.717) is 12.3 Å². The molecular weight excluding hydrogens is 300 g/mol. The molecular formula is C16H20N2O3S. The highest BCUT2D eigenvalue weighted by molar-refractivity contribution is 7.09. The zero-order valence-electron chi connectivity index (χ0n) is 12.4. The van der Waals surface area contributed by atoms with Gasteiger partial charge < -0.3 is 20.5 Å². The molecule has 2 rings (SSSR count). The summed E-state index contributed by atoms with van der Waals surface area (Å²) in [6, 6.07) is 11.2. The predicted molar refractivity (Wildman–Crippen MR) is 87.2 cm³/mol. The number of benzene rings is 1. The molecule has 2 amide bonds. The van der Waals surface area contributed by atoms with Gasteiger partial charge in [-0.3, -0.25) is 0 Å². The van der Waals surface area contributed by atoms with Crippen LogP contribution in [0.15, 0.2) is 41.8 Å². The van der Waals surface area contributed by atoms with E-state index >= 15 is 0 Å². The minimum atomic E-state index is -0.756. The molecule has 1 atom stereocenters. The number of hydrogen-bond acceptors (Lipinski definition) is 4. The van der Waals surface area contributed by atoms with Crippen molar-refractivity contribution in [1.29, 1.82) is 0 Å². The largest absolute Gasteiger partial charge is 0.491 e. The minimum absolute atomic E-state index is 0.134. The molecule has 5 nitrogen and oxygen atoms in total. The van der Waals surface area contributed by atoms with Gasteiger partial charge in [0.25, 0.3) is 0 Å². The summed E-state index contributed by atoms with van der Waals surface area (Å²) in [6.45, 7) is 2.74. The van der Waals surface area contributed by atoms with Gasteiger partial charge in [-0.25, -0.2) is 4.79 Å². The molecule has 0 fully saturated rings. The average Bonchev–Trinajstić information content (AvgIpc) is 3.02. The summed E-state index contributed by atoms with van der Waals surface area (Å²) in [5.74, 6) is 0.709. The maximum Gasteiger partial charge on any atom is 0.315 e. The van der Waals surface area contributed by atoms with Crippen LogP contribution in [-0.4, -0.2) is 30.4 Å². The lowest BCUT2D eigenvalue weighted by molar-refractivity contribution is 0.108. The molecule has 118 valence electrons. The summed E-state index contributed by atoms with van der Waals surface area (Å²) < 4.78 is 5.48. The Morgan fingerprint density at radius 1 is 1.32 bits per heavy atom. The quantitative estimate of drug-likeness (QED) is 0.733. The van der Waals surface area contributed by atoms with Crippen molar-refractivity contribution in [1.82, 2.24) is 10.6 Å². The number of thiophene rings is 1. The van der Waals surface area contributed by atoms with E-state index in [4.69, 9.17) is 4.74 Å². The van der Waals surface area contributed by atoms with Crippen molar-refractivity contribution < 1.29 is 14.6 Å². The molecule has 0 saturated carbocycles. The van der Waals surface area contributed by atoms with Crippen molar-refractivity contribution in [2.24, 2.45) is 0 Å². The lowest BCUT2D eigenvalue weighted by atomic mass is 10.2. The molecule has 0 radical (unpaired) electrons. The number of amides is 2. The van der Waals surface area contributed by atoms with Gasteiger partial charge in [0.15, 0.2) is 0 Å². The fourth-order valence-electron chi connectivity index (χ4n) is 1.81. The maximum absolute atomic E-state index is 11.6. The van der Waals surface area contributed by atoms with Crippen LogP contribution in [0.25, 0.3) is 0 Å². The van der Waals surface area contributed by atoms with Gasteiger partial charge in [0.1, 0.15) is 18.5 Å². The lowest BCUT2D eigenvalue weighted by Crippen LogP contribution is -2.40. The van der Waals surface area contributed by atoms with Gasteiger partial charge in [-0.05, 0) is 36.1 Å². The molecule has 3 N–H and O–H groups in total. The van der Waals surface area contributed by atoms with Crippen LogP contribution in [0.3, 0.4) is 0 Å². The molecule has 0 aliphatic carbocycles. The number of aliphatic hydroxyl groups is 1. The second-order valence-electron chi connectivity index (χ2n) is 4.92. The van der Waals surface area contributed by atoms with E-state index in [1.165, 1.54) is 0 Å². The van der Waals surface area contributed by atoms with Crippen molar-refractivity contribution in [3.8, 4) is 5.75 Å². The molecule has 1 unspecified atom stereocenters. The smallest absolute Gasteiger partial charge is 0.315 e. The van der Waals surface area contributed by atoms with E-state index in [2.05, 4.69) is 10.6 Å². The summed E-state index contributed by atoms with van der Waals surface area (Å²) in [7, 11) is 0. The summed E-state index contributed by atoms with van der Waals surface area (Å²) in [5.41, 5.74) is 1.10. The van der Waals surface area contributed by atoms with Gasteiger partial charge in [-0.2, -0.15) is 0 Å². The second kappa shape index (κ2) is 8.41. The highest BCUT2D eigenvalue weighted by atomic mass is 32.1. The van der Waals surface area contributed by atoms with Crippen LogP contribution < -0.4 is 15.4 Å². The molecule has 1 aromatic carbocycles. The third-order valence-corrected chi connectivity index (χ3v) is 3.81. The monoisotopic (exact) mass is 320 g/mol. The van der Waals surface area contributed by atoms with E-state index in [1.54, 1.807) is 11.3 Å². The Kier molecular flexibility index (Phi) is 6.24. The number of aliphatic hydroxyl groups excluding tert-OH is 1. The molecule has 0 aliphatic heterocycles. The van der Waals surface area contributed by atoms with Gasteiger partial charge in [0, 0.05) is 11.4 Å². The number of rotatable bonds is 7. The summed E-state index contributed by atoms with van der Waals surface area (Å²) in [5, 5.41) is 17.1. The Balaban J connectivity index is 1.62. The van der Waals surface area contributed by atoms with E-state index in [0.717, 1.165) is 10.4 Å². The first-order valence-electron chi connectivity index (χ1n) is 7.05. The molecule has 6 heteroatoms. The van der Waals surface area contributed by atoms with Crippen molar-refractivity contribution in [2.45, 2.75) is 19.6 Å². The van der Waals surface area contributed by atoms with Crippen LogP contribution in [0.4, 0.5) is 4.79 Å². The summed E-state index contributed by atoms with van der Waals surface area (Å²) in [6.07, 6.45) is -0.756. The number of carbonyl (C=O) groups excluding carboxylic acids is 1. The number of urea groups is 1. The van der Waals surface area contributed by atoms with Gasteiger partial charge in [-0.1, -0.05) is 18.2 Å². The molecule has 0 aliphatic rings. The van der Waals surface area contributed by atoms with Crippen molar-refractivity contribution >= 4 is 17.4 Å².